The Morgan fingerprint density at radius 1 is 0.571 bits per heavy atom. The molecule has 0 aliphatic heterocycles. The third kappa shape index (κ3) is 3.36. The highest BCUT2D eigenvalue weighted by Gasteiger charge is 2.86. The van der Waals surface area contributed by atoms with Crippen LogP contribution in [0.2, 0.25) is 0 Å². The summed E-state index contributed by atoms with van der Waals surface area (Å²) < 4.78 is 137. The van der Waals surface area contributed by atoms with E-state index in [1.807, 2.05) is 0 Å². The SMILES string of the molecule is [CH2]CCCCC(F)(F)C(F)(F)C(F)(F)C(F)(F)C(F)(F)F. The van der Waals surface area contributed by atoms with Crippen molar-refractivity contribution in [1.29, 1.82) is 0 Å². The van der Waals surface area contributed by atoms with Gasteiger partial charge in [-0.2, -0.15) is 48.3 Å². The lowest BCUT2D eigenvalue weighted by Gasteiger charge is -2.37. The first-order chi connectivity index (χ1) is 9.06. The maximum Gasteiger partial charge on any atom is 0.460 e. The van der Waals surface area contributed by atoms with Gasteiger partial charge in [0.15, 0.2) is 0 Å². The van der Waals surface area contributed by atoms with E-state index in [1.165, 1.54) is 0 Å². The van der Waals surface area contributed by atoms with E-state index in [0.717, 1.165) is 0 Å². The van der Waals surface area contributed by atoms with Crippen LogP contribution in [0.3, 0.4) is 0 Å². The van der Waals surface area contributed by atoms with Gasteiger partial charge in [0.1, 0.15) is 0 Å². The third-order valence-electron chi connectivity index (χ3n) is 2.59. The highest BCUT2D eigenvalue weighted by atomic mass is 19.4. The zero-order valence-corrected chi connectivity index (χ0v) is 10.2. The maximum atomic E-state index is 13.0. The van der Waals surface area contributed by atoms with Crippen molar-refractivity contribution in [3.8, 4) is 0 Å². The van der Waals surface area contributed by atoms with Crippen molar-refractivity contribution in [2.75, 3.05) is 0 Å². The minimum absolute atomic E-state index is 0.0310. The van der Waals surface area contributed by atoms with Gasteiger partial charge in [-0.05, 0) is 6.42 Å². The van der Waals surface area contributed by atoms with Crippen LogP contribution in [0.5, 0.6) is 0 Å². The Hall–Kier alpha value is -0.770. The first-order valence-electron chi connectivity index (χ1n) is 5.43. The summed E-state index contributed by atoms with van der Waals surface area (Å²) in [5.41, 5.74) is 0. The molecule has 0 aromatic heterocycles. The van der Waals surface area contributed by atoms with Gasteiger partial charge >= 0.3 is 29.9 Å². The Morgan fingerprint density at radius 2 is 1.00 bits per heavy atom. The Balaban J connectivity index is 5.55. The molecule has 0 aliphatic carbocycles. The van der Waals surface area contributed by atoms with Crippen molar-refractivity contribution in [2.24, 2.45) is 0 Å². The second-order valence-corrected chi connectivity index (χ2v) is 4.24. The minimum Gasteiger partial charge on any atom is -0.200 e. The van der Waals surface area contributed by atoms with E-state index < -0.39 is 42.7 Å². The second kappa shape index (κ2) is 5.79. The summed E-state index contributed by atoms with van der Waals surface area (Å²) in [4.78, 5) is 0. The summed E-state index contributed by atoms with van der Waals surface area (Å²) in [7, 11) is 0. The molecule has 0 spiro atoms. The molecular weight excluding hydrogens is 329 g/mol. The minimum atomic E-state index is -7.31. The number of rotatable bonds is 7. The van der Waals surface area contributed by atoms with Gasteiger partial charge in [0.25, 0.3) is 0 Å². The summed E-state index contributed by atoms with van der Waals surface area (Å²) in [6.45, 7) is 3.14. The molecule has 11 heteroatoms. The Kier molecular flexibility index (Phi) is 5.58. The molecule has 0 bridgehead atoms. The van der Waals surface area contributed by atoms with Crippen molar-refractivity contribution in [3.63, 3.8) is 0 Å². The van der Waals surface area contributed by atoms with Crippen molar-refractivity contribution in [3.05, 3.63) is 6.92 Å². The van der Waals surface area contributed by atoms with Gasteiger partial charge in [-0.25, -0.2) is 0 Å². The predicted octanol–water partition coefficient (Wildman–Crippen LogP) is 5.48. The summed E-state index contributed by atoms with van der Waals surface area (Å²) in [5, 5.41) is 0. The highest BCUT2D eigenvalue weighted by molar-refractivity contribution is 5.06. The molecule has 0 saturated heterocycles. The third-order valence-corrected chi connectivity index (χ3v) is 2.59. The number of hydrogen-bond acceptors (Lipinski definition) is 0. The summed E-state index contributed by atoms with van der Waals surface area (Å²) in [6, 6.07) is 0. The maximum absolute atomic E-state index is 13.0. The molecule has 0 aromatic rings. The fourth-order valence-corrected chi connectivity index (χ4v) is 1.29. The lowest BCUT2D eigenvalue weighted by Crippen LogP contribution is -2.66. The Bertz CT molecular complexity index is 341. The second-order valence-electron chi connectivity index (χ2n) is 4.24. The van der Waals surface area contributed by atoms with Gasteiger partial charge in [0.2, 0.25) is 0 Å². The lowest BCUT2D eigenvalue weighted by atomic mass is 9.94. The number of halogens is 11. The van der Waals surface area contributed by atoms with Crippen molar-refractivity contribution in [2.45, 2.75) is 55.5 Å². The van der Waals surface area contributed by atoms with Gasteiger partial charge < -0.3 is 0 Å². The van der Waals surface area contributed by atoms with Crippen molar-refractivity contribution >= 4 is 0 Å². The smallest absolute Gasteiger partial charge is 0.200 e. The summed E-state index contributed by atoms with van der Waals surface area (Å²) >= 11 is 0. The van der Waals surface area contributed by atoms with E-state index in [9.17, 15) is 48.3 Å². The highest BCUT2D eigenvalue weighted by Crippen LogP contribution is 2.58. The predicted molar refractivity (Wildman–Crippen MR) is 49.7 cm³/mol. The van der Waals surface area contributed by atoms with Crippen LogP contribution in [0.4, 0.5) is 48.3 Å². The fourth-order valence-electron chi connectivity index (χ4n) is 1.29. The molecule has 21 heavy (non-hydrogen) atoms. The van der Waals surface area contributed by atoms with Crippen molar-refractivity contribution < 1.29 is 48.3 Å². The molecule has 0 amide bonds. The average Bonchev–Trinajstić information content (AvgIpc) is 2.26. The van der Waals surface area contributed by atoms with Gasteiger partial charge in [0, 0.05) is 6.42 Å². The first-order valence-corrected chi connectivity index (χ1v) is 5.43. The van der Waals surface area contributed by atoms with E-state index in [4.69, 9.17) is 0 Å². The number of hydrogen-bond donors (Lipinski definition) is 0. The lowest BCUT2D eigenvalue weighted by molar-refractivity contribution is -0.422. The Labute approximate surface area is 112 Å². The zero-order valence-electron chi connectivity index (χ0n) is 10.2. The molecule has 0 atom stereocenters. The van der Waals surface area contributed by atoms with Crippen LogP contribution in [-0.4, -0.2) is 29.9 Å². The molecule has 0 N–H and O–H groups in total. The monoisotopic (exact) mass is 339 g/mol. The molecule has 0 unspecified atom stereocenters. The molecule has 0 aromatic carbocycles. The van der Waals surface area contributed by atoms with E-state index in [2.05, 4.69) is 6.92 Å². The first kappa shape index (κ1) is 20.2. The van der Waals surface area contributed by atoms with Crippen LogP contribution in [0, 0.1) is 6.92 Å². The van der Waals surface area contributed by atoms with Crippen LogP contribution in [0.1, 0.15) is 25.7 Å². The molecule has 0 aliphatic rings. The summed E-state index contributed by atoms with van der Waals surface area (Å²) in [5.74, 6) is -27.2. The molecule has 0 saturated carbocycles. The van der Waals surface area contributed by atoms with Crippen LogP contribution in [0.25, 0.3) is 0 Å². The number of alkyl halides is 11. The molecular formula is C10H10F11. The largest absolute Gasteiger partial charge is 0.460 e. The summed E-state index contributed by atoms with van der Waals surface area (Å²) in [6.07, 6.45) is -10.1. The van der Waals surface area contributed by atoms with Crippen LogP contribution >= 0.6 is 0 Å². The van der Waals surface area contributed by atoms with E-state index >= 15 is 0 Å². The topological polar surface area (TPSA) is 0 Å². The van der Waals surface area contributed by atoms with Gasteiger partial charge in [-0.15, -0.1) is 0 Å². The van der Waals surface area contributed by atoms with E-state index in [0.29, 0.717) is 0 Å². The van der Waals surface area contributed by atoms with Crippen LogP contribution in [-0.2, 0) is 0 Å². The van der Waals surface area contributed by atoms with Gasteiger partial charge in [-0.3, -0.25) is 0 Å². The quantitative estimate of drug-likeness (QED) is 0.425. The van der Waals surface area contributed by atoms with E-state index in [1.54, 1.807) is 0 Å². The number of unbranched alkanes of at least 4 members (excludes halogenated alkanes) is 2. The fraction of sp³-hybridized carbons (Fsp3) is 0.900. The molecule has 127 valence electrons. The normalized spacial score (nSPS) is 15.4. The van der Waals surface area contributed by atoms with Crippen LogP contribution < -0.4 is 0 Å². The van der Waals surface area contributed by atoms with Crippen molar-refractivity contribution in [1.82, 2.24) is 0 Å². The molecule has 0 heterocycles. The molecule has 0 nitrogen and oxygen atoms in total. The van der Waals surface area contributed by atoms with Gasteiger partial charge in [-0.1, -0.05) is 19.8 Å². The van der Waals surface area contributed by atoms with Crippen LogP contribution in [0.15, 0.2) is 0 Å². The standard InChI is InChI=1S/C10H10F11/c1-2-3-4-5-6(11,12)7(13,14)8(15,16)9(17,18)10(19,20)21/h1-5H2. The molecule has 0 fully saturated rings. The van der Waals surface area contributed by atoms with Gasteiger partial charge in [0.05, 0.1) is 0 Å². The average molecular weight is 339 g/mol. The van der Waals surface area contributed by atoms with E-state index in [-0.39, 0.29) is 12.8 Å². The molecule has 1 radical (unpaired) electrons. The molecule has 0 rings (SSSR count). The zero-order chi connectivity index (χ0) is 17.3. The Morgan fingerprint density at radius 3 is 1.33 bits per heavy atom.